The number of aromatic nitrogens is 2. The Morgan fingerprint density at radius 2 is 1.38 bits per heavy atom. The summed E-state index contributed by atoms with van der Waals surface area (Å²) >= 11 is 0. The van der Waals surface area contributed by atoms with Crippen LogP contribution in [0.5, 0.6) is 11.5 Å². The number of methoxy groups -OCH3 is 2. The Balaban J connectivity index is 2.03. The Labute approximate surface area is 201 Å². The lowest BCUT2D eigenvalue weighted by Crippen LogP contribution is -2.30. The van der Waals surface area contributed by atoms with Crippen molar-refractivity contribution in [3.8, 4) is 11.5 Å². The van der Waals surface area contributed by atoms with Gasteiger partial charge in [0.2, 0.25) is 0 Å². The molecule has 0 amide bonds. The van der Waals surface area contributed by atoms with E-state index in [2.05, 4.69) is 5.10 Å². The van der Waals surface area contributed by atoms with Crippen LogP contribution in [0.1, 0.15) is 50.6 Å². The molecule has 0 atom stereocenters. The van der Waals surface area contributed by atoms with Gasteiger partial charge in [0.05, 0.1) is 19.9 Å². The highest BCUT2D eigenvalue weighted by Crippen LogP contribution is 2.28. The summed E-state index contributed by atoms with van der Waals surface area (Å²) in [6.07, 6.45) is 0. The Bertz CT molecular complexity index is 1150. The molecule has 2 aromatic carbocycles. The van der Waals surface area contributed by atoms with Gasteiger partial charge in [-0.2, -0.15) is 9.40 Å². The van der Waals surface area contributed by atoms with Crippen molar-refractivity contribution in [3.63, 3.8) is 0 Å². The third kappa shape index (κ3) is 5.78. The second kappa shape index (κ2) is 10.2. The minimum absolute atomic E-state index is 0.0969. The summed E-state index contributed by atoms with van der Waals surface area (Å²) < 4.78 is 41.0. The van der Waals surface area contributed by atoms with Gasteiger partial charge in [-0.05, 0) is 63.1 Å². The van der Waals surface area contributed by atoms with Gasteiger partial charge in [0.1, 0.15) is 17.1 Å². The first-order valence-corrected chi connectivity index (χ1v) is 12.5. The van der Waals surface area contributed by atoms with Crippen molar-refractivity contribution in [1.29, 1.82) is 0 Å². The van der Waals surface area contributed by atoms with Gasteiger partial charge < -0.3 is 14.6 Å². The molecule has 3 aromatic rings. The molecule has 34 heavy (non-hydrogen) atoms. The van der Waals surface area contributed by atoms with Gasteiger partial charge in [-0.15, -0.1) is 0 Å². The fourth-order valence-electron chi connectivity index (χ4n) is 3.58. The monoisotopic (exact) mass is 487 g/mol. The zero-order valence-electron chi connectivity index (χ0n) is 20.5. The van der Waals surface area contributed by atoms with Crippen molar-refractivity contribution in [1.82, 2.24) is 14.1 Å². The summed E-state index contributed by atoms with van der Waals surface area (Å²) in [5, 5.41) is 14.9. The lowest BCUT2D eigenvalue weighted by atomic mass is 10.1. The molecule has 0 aliphatic heterocycles. The number of rotatable bonds is 10. The highest BCUT2D eigenvalue weighted by Gasteiger charge is 2.32. The van der Waals surface area contributed by atoms with E-state index in [-0.39, 0.29) is 24.2 Å². The lowest BCUT2D eigenvalue weighted by Gasteiger charge is -2.22. The predicted molar refractivity (Wildman–Crippen MR) is 130 cm³/mol. The topological polar surface area (TPSA) is 93.9 Å². The highest BCUT2D eigenvalue weighted by molar-refractivity contribution is 7.89. The van der Waals surface area contributed by atoms with Crippen molar-refractivity contribution < 1.29 is 23.0 Å². The van der Waals surface area contributed by atoms with Crippen LogP contribution in [0.3, 0.4) is 0 Å². The average Bonchev–Trinajstić information content (AvgIpc) is 3.27. The number of ether oxygens (including phenoxy) is 2. The Morgan fingerprint density at radius 3 is 1.71 bits per heavy atom. The third-order valence-electron chi connectivity index (χ3n) is 5.47. The van der Waals surface area contributed by atoms with Gasteiger partial charge in [-0.1, -0.05) is 24.3 Å². The fourth-order valence-corrected chi connectivity index (χ4v) is 4.93. The fraction of sp³-hybridized carbons (Fsp3) is 0.400. The Kier molecular flexibility index (Phi) is 7.70. The van der Waals surface area contributed by atoms with E-state index >= 15 is 0 Å². The molecular weight excluding hydrogens is 454 g/mol. The number of sulfonamides is 1. The standard InChI is InChI=1S/C25H33N3O5S/c1-18(2)28-23(25(3,4)29)15-24(26-28)34(30,31)27(16-19-7-11-21(32-5)12-8-19)17-20-9-13-22(33-6)14-10-20/h7-15,18,29H,16-17H2,1-6H3. The summed E-state index contributed by atoms with van der Waals surface area (Å²) in [6, 6.07) is 15.9. The quantitative estimate of drug-likeness (QED) is 0.463. The van der Waals surface area contributed by atoms with Crippen LogP contribution in [0.25, 0.3) is 0 Å². The molecule has 0 spiro atoms. The summed E-state index contributed by atoms with van der Waals surface area (Å²) in [6.45, 7) is 7.31. The molecule has 0 unspecified atom stereocenters. The molecule has 1 aromatic heterocycles. The van der Waals surface area contributed by atoms with Gasteiger partial charge in [0.25, 0.3) is 10.0 Å². The summed E-state index contributed by atoms with van der Waals surface area (Å²) in [7, 11) is -0.828. The van der Waals surface area contributed by atoms with Crippen LogP contribution in [0.4, 0.5) is 0 Å². The molecule has 1 heterocycles. The van der Waals surface area contributed by atoms with Crippen LogP contribution in [0.2, 0.25) is 0 Å². The van der Waals surface area contributed by atoms with Crippen LogP contribution in [-0.2, 0) is 28.7 Å². The molecule has 8 nitrogen and oxygen atoms in total. The minimum atomic E-state index is -4.00. The number of benzene rings is 2. The van der Waals surface area contributed by atoms with Crippen LogP contribution in [-0.4, -0.2) is 41.8 Å². The maximum Gasteiger partial charge on any atom is 0.263 e. The first-order chi connectivity index (χ1) is 16.0. The lowest BCUT2D eigenvalue weighted by molar-refractivity contribution is 0.0669. The summed E-state index contributed by atoms with van der Waals surface area (Å²) in [5.41, 5.74) is 0.810. The number of hydrogen-bond acceptors (Lipinski definition) is 6. The third-order valence-corrected chi connectivity index (χ3v) is 7.14. The van der Waals surface area contributed by atoms with Crippen molar-refractivity contribution >= 4 is 10.0 Å². The van der Waals surface area contributed by atoms with E-state index in [0.29, 0.717) is 17.2 Å². The van der Waals surface area contributed by atoms with E-state index in [1.54, 1.807) is 57.0 Å². The molecule has 0 aliphatic carbocycles. The van der Waals surface area contributed by atoms with Crippen molar-refractivity contribution in [2.45, 2.75) is 57.5 Å². The van der Waals surface area contributed by atoms with E-state index in [9.17, 15) is 13.5 Å². The van der Waals surface area contributed by atoms with E-state index < -0.39 is 15.6 Å². The summed E-state index contributed by atoms with van der Waals surface area (Å²) in [4.78, 5) is 0. The predicted octanol–water partition coefficient (Wildman–Crippen LogP) is 4.10. The van der Waals surface area contributed by atoms with Crippen molar-refractivity contribution in [2.24, 2.45) is 0 Å². The largest absolute Gasteiger partial charge is 0.497 e. The smallest absolute Gasteiger partial charge is 0.263 e. The van der Waals surface area contributed by atoms with E-state index in [1.807, 2.05) is 38.1 Å². The molecular formula is C25H33N3O5S. The first-order valence-electron chi connectivity index (χ1n) is 11.0. The molecule has 3 rings (SSSR count). The van der Waals surface area contributed by atoms with E-state index in [1.165, 1.54) is 10.4 Å². The molecule has 0 bridgehead atoms. The van der Waals surface area contributed by atoms with Crippen LogP contribution < -0.4 is 9.47 Å². The molecule has 184 valence electrons. The van der Waals surface area contributed by atoms with Gasteiger partial charge in [-0.25, -0.2) is 8.42 Å². The Morgan fingerprint density at radius 1 is 0.941 bits per heavy atom. The van der Waals surface area contributed by atoms with Crippen LogP contribution >= 0.6 is 0 Å². The number of aliphatic hydroxyl groups is 1. The second-order valence-electron chi connectivity index (χ2n) is 8.93. The minimum Gasteiger partial charge on any atom is -0.497 e. The second-order valence-corrected chi connectivity index (χ2v) is 10.8. The Hall–Kier alpha value is -2.88. The molecule has 0 radical (unpaired) electrons. The first kappa shape index (κ1) is 25.7. The van der Waals surface area contributed by atoms with Gasteiger partial charge in [0, 0.05) is 25.2 Å². The highest BCUT2D eigenvalue weighted by atomic mass is 32.2. The van der Waals surface area contributed by atoms with Crippen molar-refractivity contribution in [3.05, 3.63) is 71.4 Å². The number of hydrogen-bond donors (Lipinski definition) is 1. The maximum absolute atomic E-state index is 13.8. The van der Waals surface area contributed by atoms with Crippen LogP contribution in [0.15, 0.2) is 59.6 Å². The number of nitrogens with zero attached hydrogens (tertiary/aromatic N) is 3. The van der Waals surface area contributed by atoms with E-state index in [4.69, 9.17) is 9.47 Å². The van der Waals surface area contributed by atoms with Crippen molar-refractivity contribution in [2.75, 3.05) is 14.2 Å². The normalized spacial score (nSPS) is 12.4. The SMILES string of the molecule is COc1ccc(CN(Cc2ccc(OC)cc2)S(=O)(=O)c2cc(C(C)(C)O)n(C(C)C)n2)cc1. The van der Waals surface area contributed by atoms with Gasteiger partial charge >= 0.3 is 0 Å². The summed E-state index contributed by atoms with van der Waals surface area (Å²) in [5.74, 6) is 1.39. The zero-order valence-corrected chi connectivity index (χ0v) is 21.3. The molecule has 9 heteroatoms. The molecule has 0 saturated carbocycles. The zero-order chi connectivity index (χ0) is 25.1. The van der Waals surface area contributed by atoms with Gasteiger partial charge in [0.15, 0.2) is 5.03 Å². The van der Waals surface area contributed by atoms with E-state index in [0.717, 1.165) is 11.1 Å². The maximum atomic E-state index is 13.8. The van der Waals surface area contributed by atoms with Crippen LogP contribution in [0, 0.1) is 0 Å². The molecule has 0 fully saturated rings. The molecule has 0 aliphatic rings. The molecule has 1 N–H and O–H groups in total. The van der Waals surface area contributed by atoms with Gasteiger partial charge in [-0.3, -0.25) is 4.68 Å². The average molecular weight is 488 g/mol. The molecule has 0 saturated heterocycles.